The van der Waals surface area contributed by atoms with E-state index in [-0.39, 0.29) is 0 Å². The van der Waals surface area contributed by atoms with E-state index in [2.05, 4.69) is 11.9 Å². The Labute approximate surface area is 83.3 Å². The molecule has 0 saturated heterocycles. The van der Waals surface area contributed by atoms with Crippen molar-refractivity contribution in [1.82, 2.24) is 4.98 Å². The van der Waals surface area contributed by atoms with E-state index < -0.39 is 0 Å². The second kappa shape index (κ2) is 3.67. The molecule has 0 unspecified atom stereocenters. The average molecular weight is 188 g/mol. The third-order valence-electron chi connectivity index (χ3n) is 2.67. The monoisotopic (exact) mass is 188 g/mol. The summed E-state index contributed by atoms with van der Waals surface area (Å²) in [6.07, 6.45) is 4.28. The fourth-order valence-corrected chi connectivity index (χ4v) is 1.53. The standard InChI is InChI=1S/C11H12N2O/c1-8-2-3-11(8)14-10-4-5-13-9(6-10)7-12/h4-6,8,11H,2-3H2,1H3/t8-,11+/m1/s1. The second-order valence-corrected chi connectivity index (χ2v) is 3.70. The molecule has 3 nitrogen and oxygen atoms in total. The maximum atomic E-state index is 8.65. The average Bonchev–Trinajstić information content (AvgIpc) is 2.24. The quantitative estimate of drug-likeness (QED) is 0.714. The third-order valence-corrected chi connectivity index (χ3v) is 2.67. The summed E-state index contributed by atoms with van der Waals surface area (Å²) in [5, 5.41) is 8.65. The highest BCUT2D eigenvalue weighted by Crippen LogP contribution is 2.30. The van der Waals surface area contributed by atoms with E-state index in [1.807, 2.05) is 6.07 Å². The summed E-state index contributed by atoms with van der Waals surface area (Å²) < 4.78 is 5.71. The molecule has 0 aromatic carbocycles. The lowest BCUT2D eigenvalue weighted by molar-refractivity contribution is 0.0576. The van der Waals surface area contributed by atoms with Gasteiger partial charge in [-0.15, -0.1) is 0 Å². The lowest BCUT2D eigenvalue weighted by Crippen LogP contribution is -2.34. The molecule has 3 heteroatoms. The number of nitrogens with zero attached hydrogens (tertiary/aromatic N) is 2. The Morgan fingerprint density at radius 2 is 2.43 bits per heavy atom. The molecular formula is C11H12N2O. The van der Waals surface area contributed by atoms with Crippen LogP contribution >= 0.6 is 0 Å². The first-order valence-electron chi connectivity index (χ1n) is 4.82. The SMILES string of the molecule is C[C@@H]1CC[C@@H]1Oc1ccnc(C#N)c1. The first kappa shape index (κ1) is 9.01. The summed E-state index contributed by atoms with van der Waals surface area (Å²) in [4.78, 5) is 3.89. The highest BCUT2D eigenvalue weighted by molar-refractivity contribution is 5.30. The smallest absolute Gasteiger partial charge is 0.144 e. The minimum Gasteiger partial charge on any atom is -0.490 e. The minimum absolute atomic E-state index is 0.323. The molecule has 2 rings (SSSR count). The van der Waals surface area contributed by atoms with Crippen LogP contribution in [-0.2, 0) is 0 Å². The number of nitriles is 1. The summed E-state index contributed by atoms with van der Waals surface area (Å²) in [6.45, 7) is 2.18. The molecule has 1 heterocycles. The van der Waals surface area contributed by atoms with Crippen LogP contribution in [-0.4, -0.2) is 11.1 Å². The van der Waals surface area contributed by atoms with Gasteiger partial charge < -0.3 is 4.74 Å². The van der Waals surface area contributed by atoms with E-state index in [9.17, 15) is 0 Å². The maximum absolute atomic E-state index is 8.65. The normalized spacial score (nSPS) is 24.9. The maximum Gasteiger partial charge on any atom is 0.144 e. The van der Waals surface area contributed by atoms with Crippen molar-refractivity contribution >= 4 is 0 Å². The fraction of sp³-hybridized carbons (Fsp3) is 0.455. The van der Waals surface area contributed by atoms with Gasteiger partial charge in [0.05, 0.1) is 0 Å². The van der Waals surface area contributed by atoms with Gasteiger partial charge in [0.1, 0.15) is 23.6 Å². The molecule has 1 aliphatic carbocycles. The first-order valence-corrected chi connectivity index (χ1v) is 4.82. The number of ether oxygens (including phenoxy) is 1. The van der Waals surface area contributed by atoms with E-state index in [1.165, 1.54) is 6.42 Å². The molecule has 1 aromatic rings. The molecule has 0 amide bonds. The molecule has 2 atom stereocenters. The van der Waals surface area contributed by atoms with Gasteiger partial charge in [0.25, 0.3) is 0 Å². The van der Waals surface area contributed by atoms with Crippen molar-refractivity contribution in [3.05, 3.63) is 24.0 Å². The van der Waals surface area contributed by atoms with Crippen molar-refractivity contribution in [2.75, 3.05) is 0 Å². The molecule has 1 aliphatic rings. The molecule has 72 valence electrons. The van der Waals surface area contributed by atoms with Crippen molar-refractivity contribution in [3.8, 4) is 11.8 Å². The van der Waals surface area contributed by atoms with Crippen LogP contribution in [0.25, 0.3) is 0 Å². The number of rotatable bonds is 2. The van der Waals surface area contributed by atoms with Gasteiger partial charge in [0, 0.05) is 12.3 Å². The molecule has 1 saturated carbocycles. The van der Waals surface area contributed by atoms with Crippen molar-refractivity contribution in [2.24, 2.45) is 5.92 Å². The summed E-state index contributed by atoms with van der Waals surface area (Å²) in [6, 6.07) is 5.48. The minimum atomic E-state index is 0.323. The van der Waals surface area contributed by atoms with Gasteiger partial charge in [-0.3, -0.25) is 0 Å². The van der Waals surface area contributed by atoms with Gasteiger partial charge in [-0.2, -0.15) is 5.26 Å². The highest BCUT2D eigenvalue weighted by Gasteiger charge is 2.28. The van der Waals surface area contributed by atoms with Gasteiger partial charge in [-0.25, -0.2) is 4.98 Å². The zero-order valence-electron chi connectivity index (χ0n) is 8.10. The third kappa shape index (κ3) is 1.69. The lowest BCUT2D eigenvalue weighted by Gasteiger charge is -2.33. The predicted octanol–water partition coefficient (Wildman–Crippen LogP) is 2.13. The summed E-state index contributed by atoms with van der Waals surface area (Å²) >= 11 is 0. The Morgan fingerprint density at radius 3 is 3.00 bits per heavy atom. The highest BCUT2D eigenvalue weighted by atomic mass is 16.5. The van der Waals surface area contributed by atoms with Gasteiger partial charge in [-0.1, -0.05) is 6.92 Å². The van der Waals surface area contributed by atoms with Crippen molar-refractivity contribution in [2.45, 2.75) is 25.9 Å². The number of aromatic nitrogens is 1. The van der Waals surface area contributed by atoms with Crippen molar-refractivity contribution in [1.29, 1.82) is 5.26 Å². The number of pyridine rings is 1. The summed E-state index contributed by atoms with van der Waals surface area (Å²) in [5.74, 6) is 1.39. The Kier molecular flexibility index (Phi) is 2.36. The Balaban J connectivity index is 2.06. The van der Waals surface area contributed by atoms with Crippen LogP contribution in [0.5, 0.6) is 5.75 Å². The number of hydrogen-bond acceptors (Lipinski definition) is 3. The van der Waals surface area contributed by atoms with Gasteiger partial charge in [0.2, 0.25) is 0 Å². The van der Waals surface area contributed by atoms with E-state index in [1.54, 1.807) is 18.3 Å². The fourth-order valence-electron chi connectivity index (χ4n) is 1.53. The van der Waals surface area contributed by atoms with Crippen LogP contribution in [0.4, 0.5) is 0 Å². The summed E-state index contributed by atoms with van der Waals surface area (Å²) in [7, 11) is 0. The van der Waals surface area contributed by atoms with Crippen LogP contribution in [0.2, 0.25) is 0 Å². The van der Waals surface area contributed by atoms with Crippen LogP contribution in [0, 0.1) is 17.2 Å². The molecule has 1 fully saturated rings. The number of hydrogen-bond donors (Lipinski definition) is 0. The molecule has 0 bridgehead atoms. The molecule has 14 heavy (non-hydrogen) atoms. The predicted molar refractivity (Wildman–Crippen MR) is 51.8 cm³/mol. The van der Waals surface area contributed by atoms with E-state index >= 15 is 0 Å². The Hall–Kier alpha value is -1.56. The molecule has 0 spiro atoms. The first-order chi connectivity index (χ1) is 6.79. The Morgan fingerprint density at radius 1 is 1.57 bits per heavy atom. The van der Waals surface area contributed by atoms with E-state index in [0.717, 1.165) is 12.2 Å². The van der Waals surface area contributed by atoms with Crippen LogP contribution in [0.3, 0.4) is 0 Å². The molecule has 1 aromatic heterocycles. The zero-order chi connectivity index (χ0) is 9.97. The van der Waals surface area contributed by atoms with Crippen LogP contribution < -0.4 is 4.74 Å². The summed E-state index contributed by atoms with van der Waals surface area (Å²) in [5.41, 5.74) is 0.412. The largest absolute Gasteiger partial charge is 0.490 e. The van der Waals surface area contributed by atoms with Crippen molar-refractivity contribution < 1.29 is 4.74 Å². The van der Waals surface area contributed by atoms with Crippen LogP contribution in [0.1, 0.15) is 25.5 Å². The van der Waals surface area contributed by atoms with Crippen molar-refractivity contribution in [3.63, 3.8) is 0 Å². The molecular weight excluding hydrogens is 176 g/mol. The van der Waals surface area contributed by atoms with Crippen LogP contribution in [0.15, 0.2) is 18.3 Å². The molecule has 0 radical (unpaired) electrons. The van der Waals surface area contributed by atoms with E-state index in [4.69, 9.17) is 10.00 Å². The van der Waals surface area contributed by atoms with E-state index in [0.29, 0.717) is 17.7 Å². The van der Waals surface area contributed by atoms with Gasteiger partial charge in [-0.05, 0) is 24.8 Å². The molecule has 0 N–H and O–H groups in total. The topological polar surface area (TPSA) is 45.9 Å². The Bertz CT molecular complexity index is 370. The van der Waals surface area contributed by atoms with Gasteiger partial charge >= 0.3 is 0 Å². The second-order valence-electron chi connectivity index (χ2n) is 3.70. The zero-order valence-corrected chi connectivity index (χ0v) is 8.10. The van der Waals surface area contributed by atoms with Gasteiger partial charge in [0.15, 0.2) is 0 Å². The lowest BCUT2D eigenvalue weighted by atomic mass is 9.83. The molecule has 0 aliphatic heterocycles.